The molecule has 0 atom stereocenters. The van der Waals surface area contributed by atoms with Gasteiger partial charge in [0, 0.05) is 13.1 Å². The monoisotopic (exact) mass is 215 g/mol. The minimum Gasteiger partial charge on any atom is -0.381 e. The lowest BCUT2D eigenvalue weighted by atomic mass is 10.1. The number of carbonyl (C=O) groups is 1. The summed E-state index contributed by atoms with van der Waals surface area (Å²) in [6.45, 7) is 8.85. The molecule has 90 valence electrons. The van der Waals surface area contributed by atoms with E-state index in [0.717, 1.165) is 38.8 Å². The third-order valence-electron chi connectivity index (χ3n) is 2.37. The fraction of sp³-hybridized carbons (Fsp3) is 0.917. The van der Waals surface area contributed by atoms with Crippen molar-refractivity contribution in [2.24, 2.45) is 0 Å². The number of aliphatic hydroxyl groups is 1. The first kappa shape index (κ1) is 14.4. The van der Waals surface area contributed by atoms with Crippen molar-refractivity contribution in [3.63, 3.8) is 0 Å². The third-order valence-corrected chi connectivity index (χ3v) is 2.37. The van der Waals surface area contributed by atoms with Crippen LogP contribution in [-0.2, 0) is 4.79 Å². The Balaban J connectivity index is 4.27. The van der Waals surface area contributed by atoms with Gasteiger partial charge in [0.25, 0.3) is 5.91 Å². The maximum Gasteiger partial charge on any atom is 0.253 e. The van der Waals surface area contributed by atoms with Crippen molar-refractivity contribution in [1.29, 1.82) is 0 Å². The first-order valence-electron chi connectivity index (χ1n) is 5.95. The van der Waals surface area contributed by atoms with Gasteiger partial charge in [-0.2, -0.15) is 0 Å². The highest BCUT2D eigenvalue weighted by atomic mass is 16.3. The van der Waals surface area contributed by atoms with Crippen LogP contribution in [0.1, 0.15) is 53.4 Å². The normalized spacial score (nSPS) is 11.5. The van der Waals surface area contributed by atoms with Crippen LogP contribution in [0.15, 0.2) is 0 Å². The maximum atomic E-state index is 11.9. The summed E-state index contributed by atoms with van der Waals surface area (Å²) >= 11 is 0. The molecule has 0 bridgehead atoms. The molecule has 0 unspecified atom stereocenters. The van der Waals surface area contributed by atoms with E-state index in [1.165, 1.54) is 0 Å². The molecule has 1 N–H and O–H groups in total. The Hall–Kier alpha value is -0.570. The van der Waals surface area contributed by atoms with Crippen molar-refractivity contribution in [2.75, 3.05) is 13.1 Å². The minimum atomic E-state index is -1.23. The van der Waals surface area contributed by atoms with Gasteiger partial charge in [0.05, 0.1) is 0 Å². The van der Waals surface area contributed by atoms with E-state index in [1.807, 2.05) is 0 Å². The Morgan fingerprint density at radius 1 is 1.13 bits per heavy atom. The van der Waals surface area contributed by atoms with Crippen molar-refractivity contribution in [3.05, 3.63) is 0 Å². The SMILES string of the molecule is CCCCN(CCCC)C(=O)C(C)(C)O. The molecule has 0 aliphatic rings. The highest BCUT2D eigenvalue weighted by Gasteiger charge is 2.28. The fourth-order valence-corrected chi connectivity index (χ4v) is 1.40. The average Bonchev–Trinajstić information content (AvgIpc) is 2.16. The van der Waals surface area contributed by atoms with Crippen molar-refractivity contribution in [3.8, 4) is 0 Å². The van der Waals surface area contributed by atoms with Crippen LogP contribution >= 0.6 is 0 Å². The Morgan fingerprint density at radius 2 is 1.53 bits per heavy atom. The van der Waals surface area contributed by atoms with Gasteiger partial charge in [-0.15, -0.1) is 0 Å². The van der Waals surface area contributed by atoms with Gasteiger partial charge in [0.2, 0.25) is 0 Å². The van der Waals surface area contributed by atoms with Gasteiger partial charge in [-0.3, -0.25) is 4.79 Å². The van der Waals surface area contributed by atoms with Crippen LogP contribution in [0.3, 0.4) is 0 Å². The van der Waals surface area contributed by atoms with Gasteiger partial charge >= 0.3 is 0 Å². The van der Waals surface area contributed by atoms with Crippen LogP contribution in [0.2, 0.25) is 0 Å². The molecule has 1 amide bonds. The summed E-state index contributed by atoms with van der Waals surface area (Å²) in [4.78, 5) is 13.6. The molecular formula is C12H25NO2. The summed E-state index contributed by atoms with van der Waals surface area (Å²) < 4.78 is 0. The quantitative estimate of drug-likeness (QED) is 0.707. The lowest BCUT2D eigenvalue weighted by Crippen LogP contribution is -2.46. The van der Waals surface area contributed by atoms with Crippen molar-refractivity contribution in [2.45, 2.75) is 59.0 Å². The highest BCUT2D eigenvalue weighted by Crippen LogP contribution is 2.09. The number of hydrogen-bond donors (Lipinski definition) is 1. The molecule has 0 saturated heterocycles. The molecule has 0 radical (unpaired) electrons. The zero-order chi connectivity index (χ0) is 11.9. The molecule has 0 fully saturated rings. The highest BCUT2D eigenvalue weighted by molar-refractivity contribution is 5.84. The van der Waals surface area contributed by atoms with Gasteiger partial charge in [0.15, 0.2) is 0 Å². The molecule has 0 aromatic carbocycles. The fourth-order valence-electron chi connectivity index (χ4n) is 1.40. The lowest BCUT2D eigenvalue weighted by molar-refractivity contribution is -0.148. The molecule has 15 heavy (non-hydrogen) atoms. The lowest BCUT2D eigenvalue weighted by Gasteiger charge is -2.28. The molecule has 0 saturated carbocycles. The number of nitrogens with zero attached hydrogens (tertiary/aromatic N) is 1. The molecule has 0 heterocycles. The number of rotatable bonds is 7. The molecule has 0 aromatic heterocycles. The standard InChI is InChI=1S/C12H25NO2/c1-5-7-9-13(10-8-6-2)11(14)12(3,4)15/h15H,5-10H2,1-4H3. The number of unbranched alkanes of at least 4 members (excludes halogenated alkanes) is 2. The zero-order valence-corrected chi connectivity index (χ0v) is 10.5. The largest absolute Gasteiger partial charge is 0.381 e. The summed E-state index contributed by atoms with van der Waals surface area (Å²) in [6, 6.07) is 0. The van der Waals surface area contributed by atoms with E-state index in [0.29, 0.717) is 0 Å². The van der Waals surface area contributed by atoms with Crippen LogP contribution in [0.5, 0.6) is 0 Å². The Morgan fingerprint density at radius 3 is 1.80 bits per heavy atom. The number of hydrogen-bond acceptors (Lipinski definition) is 2. The van der Waals surface area contributed by atoms with Crippen molar-refractivity contribution in [1.82, 2.24) is 4.90 Å². The van der Waals surface area contributed by atoms with Gasteiger partial charge in [-0.1, -0.05) is 26.7 Å². The van der Waals surface area contributed by atoms with Gasteiger partial charge < -0.3 is 10.0 Å². The number of carbonyl (C=O) groups excluding carboxylic acids is 1. The second-order valence-electron chi connectivity index (χ2n) is 4.56. The minimum absolute atomic E-state index is 0.149. The van der Waals surface area contributed by atoms with Crippen LogP contribution in [0.4, 0.5) is 0 Å². The Labute approximate surface area is 93.5 Å². The van der Waals surface area contributed by atoms with Crippen LogP contribution < -0.4 is 0 Å². The molecule has 0 spiro atoms. The molecule has 0 rings (SSSR count). The van der Waals surface area contributed by atoms with Crippen LogP contribution in [0.25, 0.3) is 0 Å². The predicted molar refractivity (Wildman–Crippen MR) is 62.7 cm³/mol. The topological polar surface area (TPSA) is 40.5 Å². The predicted octanol–water partition coefficient (Wildman–Crippen LogP) is 2.19. The van der Waals surface area contributed by atoms with Crippen LogP contribution in [0, 0.1) is 0 Å². The van der Waals surface area contributed by atoms with E-state index < -0.39 is 5.60 Å². The molecular weight excluding hydrogens is 190 g/mol. The Kier molecular flexibility index (Phi) is 6.57. The molecule has 3 nitrogen and oxygen atoms in total. The van der Waals surface area contributed by atoms with E-state index >= 15 is 0 Å². The average molecular weight is 215 g/mol. The van der Waals surface area contributed by atoms with E-state index in [2.05, 4.69) is 13.8 Å². The second kappa shape index (κ2) is 6.83. The van der Waals surface area contributed by atoms with E-state index in [-0.39, 0.29) is 5.91 Å². The molecule has 0 aliphatic heterocycles. The zero-order valence-electron chi connectivity index (χ0n) is 10.5. The third kappa shape index (κ3) is 5.78. The maximum absolute atomic E-state index is 11.9. The Bertz CT molecular complexity index is 177. The van der Waals surface area contributed by atoms with Crippen LogP contribution in [-0.4, -0.2) is 34.6 Å². The summed E-state index contributed by atoms with van der Waals surface area (Å²) in [7, 11) is 0. The summed E-state index contributed by atoms with van der Waals surface area (Å²) in [5.74, 6) is -0.149. The van der Waals surface area contributed by atoms with E-state index in [4.69, 9.17) is 0 Å². The summed E-state index contributed by atoms with van der Waals surface area (Å²) in [5, 5.41) is 9.66. The van der Waals surface area contributed by atoms with Gasteiger partial charge in [-0.05, 0) is 26.7 Å². The second-order valence-corrected chi connectivity index (χ2v) is 4.56. The van der Waals surface area contributed by atoms with E-state index in [9.17, 15) is 9.90 Å². The van der Waals surface area contributed by atoms with Gasteiger partial charge in [0.1, 0.15) is 5.60 Å². The molecule has 0 aliphatic carbocycles. The van der Waals surface area contributed by atoms with Crippen molar-refractivity contribution < 1.29 is 9.90 Å². The van der Waals surface area contributed by atoms with Crippen molar-refractivity contribution >= 4 is 5.91 Å². The van der Waals surface area contributed by atoms with E-state index in [1.54, 1.807) is 18.7 Å². The molecule has 3 heteroatoms. The smallest absolute Gasteiger partial charge is 0.253 e. The van der Waals surface area contributed by atoms with Gasteiger partial charge in [-0.25, -0.2) is 0 Å². The summed E-state index contributed by atoms with van der Waals surface area (Å²) in [6.07, 6.45) is 4.15. The first-order valence-corrected chi connectivity index (χ1v) is 5.95. The summed E-state index contributed by atoms with van der Waals surface area (Å²) in [5.41, 5.74) is -1.23. The molecule has 0 aromatic rings. The number of amides is 1. The first-order chi connectivity index (χ1) is 6.93.